The van der Waals surface area contributed by atoms with Crippen LogP contribution in [0.5, 0.6) is 5.75 Å². The molecule has 1 atom stereocenters. The molecular weight excluding hydrogens is 325 g/mol. The standard InChI is InChI=1S/C12H13F3N2O4S/c1-21-10-3-2-7(12(13,14)15)4-9(10)17-6-8(5-11(17)18)22(16,19)20/h2-4,8H,5-6H2,1H3,(H2,16,19,20). The van der Waals surface area contributed by atoms with Gasteiger partial charge in [-0.2, -0.15) is 13.2 Å². The van der Waals surface area contributed by atoms with Gasteiger partial charge in [-0.05, 0) is 18.2 Å². The van der Waals surface area contributed by atoms with Crippen LogP contribution in [0.1, 0.15) is 12.0 Å². The van der Waals surface area contributed by atoms with Crippen LogP contribution in [-0.4, -0.2) is 33.2 Å². The van der Waals surface area contributed by atoms with Crippen molar-refractivity contribution in [3.8, 4) is 5.75 Å². The number of carbonyl (C=O) groups is 1. The summed E-state index contributed by atoms with van der Waals surface area (Å²) in [6, 6.07) is 2.65. The molecule has 2 N–H and O–H groups in total. The van der Waals surface area contributed by atoms with Crippen molar-refractivity contribution in [1.82, 2.24) is 0 Å². The molecule has 1 saturated heterocycles. The third kappa shape index (κ3) is 3.17. The quantitative estimate of drug-likeness (QED) is 0.894. The first-order valence-corrected chi connectivity index (χ1v) is 7.72. The number of nitrogens with zero attached hydrogens (tertiary/aromatic N) is 1. The third-order valence-electron chi connectivity index (χ3n) is 3.35. The van der Waals surface area contributed by atoms with E-state index in [2.05, 4.69) is 0 Å². The summed E-state index contributed by atoms with van der Waals surface area (Å²) >= 11 is 0. The molecule has 1 aromatic rings. The van der Waals surface area contributed by atoms with Crippen molar-refractivity contribution in [2.75, 3.05) is 18.6 Å². The summed E-state index contributed by atoms with van der Waals surface area (Å²) < 4.78 is 66.0. The van der Waals surface area contributed by atoms with Gasteiger partial charge in [-0.15, -0.1) is 0 Å². The van der Waals surface area contributed by atoms with Gasteiger partial charge in [0.05, 0.1) is 18.4 Å². The maximum absolute atomic E-state index is 12.8. The van der Waals surface area contributed by atoms with E-state index in [1.165, 1.54) is 7.11 Å². The zero-order chi connectivity index (χ0) is 16.7. The Morgan fingerprint density at radius 3 is 2.45 bits per heavy atom. The molecule has 10 heteroatoms. The highest BCUT2D eigenvalue weighted by Crippen LogP contribution is 2.38. The van der Waals surface area contributed by atoms with Gasteiger partial charge in [0.15, 0.2) is 0 Å². The fourth-order valence-electron chi connectivity index (χ4n) is 2.20. The number of ether oxygens (including phenoxy) is 1. The van der Waals surface area contributed by atoms with E-state index in [-0.39, 0.29) is 24.4 Å². The smallest absolute Gasteiger partial charge is 0.416 e. The molecule has 6 nitrogen and oxygen atoms in total. The first-order chi connectivity index (χ1) is 10.0. The Hall–Kier alpha value is -1.81. The van der Waals surface area contributed by atoms with E-state index in [1.54, 1.807) is 0 Å². The van der Waals surface area contributed by atoms with Crippen molar-refractivity contribution in [3.63, 3.8) is 0 Å². The summed E-state index contributed by atoms with van der Waals surface area (Å²) in [5.74, 6) is -0.590. The number of hydrogen-bond acceptors (Lipinski definition) is 4. The number of rotatable bonds is 3. The van der Waals surface area contributed by atoms with Gasteiger partial charge in [-0.1, -0.05) is 0 Å². The second-order valence-corrected chi connectivity index (χ2v) is 6.65. The fraction of sp³-hybridized carbons (Fsp3) is 0.417. The first kappa shape index (κ1) is 16.6. The minimum Gasteiger partial charge on any atom is -0.495 e. The summed E-state index contributed by atoms with van der Waals surface area (Å²) in [5, 5.41) is 3.84. The number of amides is 1. The Bertz CT molecular complexity index is 703. The van der Waals surface area contributed by atoms with Gasteiger partial charge in [0.1, 0.15) is 11.0 Å². The Kier molecular flexibility index (Phi) is 4.09. The number of sulfonamides is 1. The molecule has 0 aliphatic carbocycles. The summed E-state index contributed by atoms with van der Waals surface area (Å²) in [7, 11) is -2.72. The molecule has 22 heavy (non-hydrogen) atoms. The van der Waals surface area contributed by atoms with Crippen LogP contribution in [0, 0.1) is 0 Å². The molecule has 1 aliphatic rings. The fourth-order valence-corrected chi connectivity index (χ4v) is 2.94. The van der Waals surface area contributed by atoms with E-state index in [0.29, 0.717) is 0 Å². The predicted octanol–water partition coefficient (Wildman–Crippen LogP) is 1.11. The molecule has 0 aromatic heterocycles. The number of hydrogen-bond donors (Lipinski definition) is 1. The minimum absolute atomic E-state index is 0.0384. The van der Waals surface area contributed by atoms with Gasteiger partial charge < -0.3 is 9.64 Å². The average molecular weight is 338 g/mol. The number of primary sulfonamides is 1. The number of nitrogens with two attached hydrogens (primary N) is 1. The molecule has 1 amide bonds. The van der Waals surface area contributed by atoms with Crippen molar-refractivity contribution in [2.45, 2.75) is 17.8 Å². The molecule has 122 valence electrons. The van der Waals surface area contributed by atoms with E-state index >= 15 is 0 Å². The van der Waals surface area contributed by atoms with Crippen molar-refractivity contribution in [3.05, 3.63) is 23.8 Å². The van der Waals surface area contributed by atoms with Crippen LogP contribution in [0.2, 0.25) is 0 Å². The van der Waals surface area contributed by atoms with Crippen molar-refractivity contribution in [1.29, 1.82) is 0 Å². The third-order valence-corrected chi connectivity index (χ3v) is 4.60. The monoisotopic (exact) mass is 338 g/mol. The van der Waals surface area contributed by atoms with Gasteiger partial charge in [-0.25, -0.2) is 13.6 Å². The van der Waals surface area contributed by atoms with Crippen LogP contribution >= 0.6 is 0 Å². The number of alkyl halides is 3. The number of carbonyl (C=O) groups excluding carboxylic acids is 1. The summed E-state index contributed by atoms with van der Waals surface area (Å²) in [6.45, 7) is -0.310. The molecule has 2 rings (SSSR count). The molecule has 0 spiro atoms. The second kappa shape index (κ2) is 5.43. The second-order valence-electron chi connectivity index (χ2n) is 4.80. The molecule has 1 unspecified atom stereocenters. The van der Waals surface area contributed by atoms with Crippen LogP contribution in [-0.2, 0) is 21.0 Å². The summed E-state index contributed by atoms with van der Waals surface area (Å²) in [4.78, 5) is 12.9. The maximum atomic E-state index is 12.8. The Morgan fingerprint density at radius 1 is 1.36 bits per heavy atom. The van der Waals surface area contributed by atoms with Crippen LogP contribution in [0.25, 0.3) is 0 Å². The molecule has 0 radical (unpaired) electrons. The SMILES string of the molecule is COc1ccc(C(F)(F)F)cc1N1CC(S(N)(=O)=O)CC1=O. The lowest BCUT2D eigenvalue weighted by Crippen LogP contribution is -2.32. The topological polar surface area (TPSA) is 89.7 Å². The highest BCUT2D eigenvalue weighted by atomic mass is 32.2. The van der Waals surface area contributed by atoms with E-state index < -0.39 is 32.9 Å². The summed E-state index contributed by atoms with van der Waals surface area (Å²) in [5.41, 5.74) is -1.09. The van der Waals surface area contributed by atoms with E-state index in [0.717, 1.165) is 23.1 Å². The van der Waals surface area contributed by atoms with Crippen LogP contribution < -0.4 is 14.8 Å². The molecule has 0 saturated carbocycles. The van der Waals surface area contributed by atoms with Crippen molar-refractivity contribution in [2.24, 2.45) is 5.14 Å². The zero-order valence-corrected chi connectivity index (χ0v) is 12.2. The van der Waals surface area contributed by atoms with E-state index in [1.807, 2.05) is 0 Å². The van der Waals surface area contributed by atoms with E-state index in [4.69, 9.17) is 9.88 Å². The van der Waals surface area contributed by atoms with E-state index in [9.17, 15) is 26.4 Å². The molecule has 1 aliphatic heterocycles. The number of anilines is 1. The first-order valence-electron chi connectivity index (χ1n) is 6.11. The lowest BCUT2D eigenvalue weighted by atomic mass is 10.1. The van der Waals surface area contributed by atoms with Gasteiger partial charge in [0, 0.05) is 13.0 Å². The van der Waals surface area contributed by atoms with Gasteiger partial charge in [0.2, 0.25) is 15.9 Å². The average Bonchev–Trinajstić information content (AvgIpc) is 2.79. The largest absolute Gasteiger partial charge is 0.495 e. The minimum atomic E-state index is -4.59. The number of halogens is 3. The predicted molar refractivity (Wildman–Crippen MR) is 71.9 cm³/mol. The van der Waals surface area contributed by atoms with Gasteiger partial charge in [-0.3, -0.25) is 4.79 Å². The highest BCUT2D eigenvalue weighted by Gasteiger charge is 2.39. The van der Waals surface area contributed by atoms with Crippen LogP contribution in [0.3, 0.4) is 0 Å². The number of benzene rings is 1. The molecule has 1 aromatic carbocycles. The Balaban J connectivity index is 2.45. The van der Waals surface area contributed by atoms with Crippen LogP contribution in [0.4, 0.5) is 18.9 Å². The highest BCUT2D eigenvalue weighted by molar-refractivity contribution is 7.89. The lowest BCUT2D eigenvalue weighted by molar-refractivity contribution is -0.137. The Labute approximate surface area is 124 Å². The molecule has 1 heterocycles. The van der Waals surface area contributed by atoms with Crippen molar-refractivity contribution < 1.29 is 31.1 Å². The normalized spacial score (nSPS) is 19.6. The number of methoxy groups -OCH3 is 1. The Morgan fingerprint density at radius 2 is 2.00 bits per heavy atom. The molecular formula is C12H13F3N2O4S. The van der Waals surface area contributed by atoms with Crippen LogP contribution in [0.15, 0.2) is 18.2 Å². The lowest BCUT2D eigenvalue weighted by Gasteiger charge is -2.21. The zero-order valence-electron chi connectivity index (χ0n) is 11.4. The maximum Gasteiger partial charge on any atom is 0.416 e. The van der Waals surface area contributed by atoms with Crippen molar-refractivity contribution >= 4 is 21.6 Å². The molecule has 0 bridgehead atoms. The van der Waals surface area contributed by atoms with Gasteiger partial charge in [0.25, 0.3) is 0 Å². The summed E-state index contributed by atoms with van der Waals surface area (Å²) in [6.07, 6.45) is -4.97. The van der Waals surface area contributed by atoms with Gasteiger partial charge >= 0.3 is 6.18 Å². The molecule has 1 fully saturated rings.